The van der Waals surface area contributed by atoms with Gasteiger partial charge in [0.1, 0.15) is 23.9 Å². The average Bonchev–Trinajstić information content (AvgIpc) is 2.61. The molecule has 0 atom stereocenters. The minimum atomic E-state index is -1.12. The summed E-state index contributed by atoms with van der Waals surface area (Å²) in [6, 6.07) is 12.6. The molecule has 0 aliphatic carbocycles. The van der Waals surface area contributed by atoms with Crippen LogP contribution in [0.3, 0.4) is 0 Å². The van der Waals surface area contributed by atoms with Gasteiger partial charge in [0.25, 0.3) is 5.91 Å². The molecule has 0 aliphatic heterocycles. The quantitative estimate of drug-likeness (QED) is 0.753. The number of ether oxygens (including phenoxy) is 2. The summed E-state index contributed by atoms with van der Waals surface area (Å²) in [5, 5.41) is 0. The number of likely N-dealkylation sites (N-methyl/N-ethyl adjacent to an activating group) is 1. The number of carbonyl (C=O) groups excluding carboxylic acids is 1. The molecule has 1 amide bonds. The van der Waals surface area contributed by atoms with E-state index < -0.39 is 5.60 Å². The second kappa shape index (κ2) is 7.71. The molecule has 0 aliphatic rings. The van der Waals surface area contributed by atoms with E-state index in [1.54, 1.807) is 45.2 Å². The molecule has 5 heteroatoms. The fourth-order valence-electron chi connectivity index (χ4n) is 2.25. The molecule has 2 aromatic rings. The van der Waals surface area contributed by atoms with E-state index in [-0.39, 0.29) is 18.3 Å². The van der Waals surface area contributed by atoms with Crippen LogP contribution in [0.5, 0.6) is 11.5 Å². The van der Waals surface area contributed by atoms with Crippen molar-refractivity contribution in [1.82, 2.24) is 0 Å². The number of benzene rings is 2. The van der Waals surface area contributed by atoms with Crippen LogP contribution in [-0.4, -0.2) is 25.2 Å². The van der Waals surface area contributed by atoms with Crippen LogP contribution < -0.4 is 14.4 Å². The van der Waals surface area contributed by atoms with E-state index >= 15 is 0 Å². The van der Waals surface area contributed by atoms with E-state index in [1.165, 1.54) is 29.2 Å². The second-order valence-electron chi connectivity index (χ2n) is 5.92. The van der Waals surface area contributed by atoms with Crippen LogP contribution in [0.15, 0.2) is 48.5 Å². The summed E-state index contributed by atoms with van der Waals surface area (Å²) in [6.07, 6.45) is 5.15. The van der Waals surface area contributed by atoms with E-state index in [1.807, 2.05) is 0 Å². The van der Waals surface area contributed by atoms with Crippen LogP contribution in [-0.2, 0) is 4.79 Å². The highest BCUT2D eigenvalue weighted by Crippen LogP contribution is 2.24. The van der Waals surface area contributed by atoms with Gasteiger partial charge in [-0.1, -0.05) is 5.92 Å². The summed E-state index contributed by atoms with van der Waals surface area (Å²) in [5.41, 5.74) is -0.431. The SMILES string of the molecule is C#CCOc1ccc(N(C)C(=O)C(C)(C)Oc2ccc(F)cc2)cc1. The van der Waals surface area contributed by atoms with Gasteiger partial charge in [-0.25, -0.2) is 4.39 Å². The highest BCUT2D eigenvalue weighted by molar-refractivity contribution is 5.98. The van der Waals surface area contributed by atoms with Crippen molar-refractivity contribution >= 4 is 11.6 Å². The number of nitrogens with zero attached hydrogens (tertiary/aromatic N) is 1. The Kier molecular flexibility index (Phi) is 5.66. The first-order valence-electron chi connectivity index (χ1n) is 7.72. The van der Waals surface area contributed by atoms with Gasteiger partial charge in [-0.05, 0) is 62.4 Å². The van der Waals surface area contributed by atoms with Crippen molar-refractivity contribution in [3.8, 4) is 23.8 Å². The lowest BCUT2D eigenvalue weighted by Crippen LogP contribution is -2.47. The van der Waals surface area contributed by atoms with E-state index in [4.69, 9.17) is 15.9 Å². The van der Waals surface area contributed by atoms with E-state index in [2.05, 4.69) is 5.92 Å². The van der Waals surface area contributed by atoms with Crippen LogP contribution in [0.25, 0.3) is 0 Å². The Labute approximate surface area is 147 Å². The molecular weight excluding hydrogens is 321 g/mol. The summed E-state index contributed by atoms with van der Waals surface area (Å²) < 4.78 is 24.0. The van der Waals surface area contributed by atoms with Crippen molar-refractivity contribution in [2.75, 3.05) is 18.6 Å². The van der Waals surface area contributed by atoms with Crippen molar-refractivity contribution in [2.45, 2.75) is 19.4 Å². The van der Waals surface area contributed by atoms with Gasteiger partial charge in [0.05, 0.1) is 0 Å². The first-order chi connectivity index (χ1) is 11.8. The Morgan fingerprint density at radius 2 is 1.68 bits per heavy atom. The third kappa shape index (κ3) is 4.74. The van der Waals surface area contributed by atoms with Gasteiger partial charge >= 0.3 is 0 Å². The van der Waals surface area contributed by atoms with Gasteiger partial charge < -0.3 is 14.4 Å². The van der Waals surface area contributed by atoms with Gasteiger partial charge in [-0.15, -0.1) is 6.42 Å². The van der Waals surface area contributed by atoms with Gasteiger partial charge in [0.2, 0.25) is 0 Å². The first kappa shape index (κ1) is 18.3. The Hall–Kier alpha value is -3.00. The molecule has 0 radical (unpaired) electrons. The number of carbonyl (C=O) groups is 1. The van der Waals surface area contributed by atoms with Gasteiger partial charge in [0, 0.05) is 12.7 Å². The third-order valence-corrected chi connectivity index (χ3v) is 3.55. The summed E-state index contributed by atoms with van der Waals surface area (Å²) in [7, 11) is 1.66. The lowest BCUT2D eigenvalue weighted by atomic mass is 10.1. The predicted octanol–water partition coefficient (Wildman–Crippen LogP) is 3.66. The maximum absolute atomic E-state index is 13.0. The van der Waals surface area contributed by atoms with Crippen molar-refractivity contribution in [3.05, 3.63) is 54.3 Å². The molecular formula is C20H20FNO3. The topological polar surface area (TPSA) is 38.8 Å². The zero-order valence-electron chi connectivity index (χ0n) is 14.5. The number of terminal acetylenes is 1. The number of amides is 1. The van der Waals surface area contributed by atoms with Crippen LogP contribution in [0.2, 0.25) is 0 Å². The minimum Gasteiger partial charge on any atom is -0.481 e. The third-order valence-electron chi connectivity index (χ3n) is 3.55. The highest BCUT2D eigenvalue weighted by atomic mass is 19.1. The van der Waals surface area contributed by atoms with E-state index in [0.29, 0.717) is 17.2 Å². The fraction of sp³-hybridized carbons (Fsp3) is 0.250. The Balaban J connectivity index is 2.09. The summed E-state index contributed by atoms with van der Waals surface area (Å²) in [5.74, 6) is 2.84. The van der Waals surface area contributed by atoms with Crippen molar-refractivity contribution in [2.24, 2.45) is 0 Å². The molecule has 0 bridgehead atoms. The van der Waals surface area contributed by atoms with Gasteiger partial charge in [-0.3, -0.25) is 4.79 Å². The number of halogens is 1. The number of rotatable bonds is 6. The van der Waals surface area contributed by atoms with Gasteiger partial charge in [-0.2, -0.15) is 0 Å². The smallest absolute Gasteiger partial charge is 0.270 e. The molecule has 0 unspecified atom stereocenters. The molecule has 0 N–H and O–H groups in total. The summed E-state index contributed by atoms with van der Waals surface area (Å²) in [4.78, 5) is 14.3. The first-order valence-corrected chi connectivity index (χ1v) is 7.72. The standard InChI is InChI=1S/C20H20FNO3/c1-5-14-24-17-12-8-16(9-13-17)22(4)19(23)20(2,3)25-18-10-6-15(21)7-11-18/h1,6-13H,14H2,2-4H3. The van der Waals surface area contributed by atoms with Gasteiger partial charge in [0.15, 0.2) is 5.60 Å². The number of hydrogen-bond acceptors (Lipinski definition) is 3. The Morgan fingerprint density at radius 1 is 1.12 bits per heavy atom. The molecule has 0 spiro atoms. The zero-order chi connectivity index (χ0) is 18.4. The van der Waals surface area contributed by atoms with Crippen LogP contribution in [0.1, 0.15) is 13.8 Å². The zero-order valence-corrected chi connectivity index (χ0v) is 14.5. The predicted molar refractivity (Wildman–Crippen MR) is 95.3 cm³/mol. The fourth-order valence-corrected chi connectivity index (χ4v) is 2.25. The number of anilines is 1. The van der Waals surface area contributed by atoms with Crippen LogP contribution in [0.4, 0.5) is 10.1 Å². The van der Waals surface area contributed by atoms with Crippen LogP contribution >= 0.6 is 0 Å². The largest absolute Gasteiger partial charge is 0.481 e. The average molecular weight is 341 g/mol. The molecule has 25 heavy (non-hydrogen) atoms. The summed E-state index contributed by atoms with van der Waals surface area (Å²) >= 11 is 0. The second-order valence-corrected chi connectivity index (χ2v) is 5.92. The Bertz CT molecular complexity index is 761. The molecule has 4 nitrogen and oxygen atoms in total. The molecule has 0 saturated heterocycles. The lowest BCUT2D eigenvalue weighted by molar-refractivity contribution is -0.131. The molecule has 0 heterocycles. The molecule has 2 aromatic carbocycles. The minimum absolute atomic E-state index is 0.187. The van der Waals surface area contributed by atoms with Crippen molar-refractivity contribution in [3.63, 3.8) is 0 Å². The van der Waals surface area contributed by atoms with Crippen LogP contribution in [0, 0.1) is 18.2 Å². The lowest BCUT2D eigenvalue weighted by Gasteiger charge is -2.30. The monoisotopic (exact) mass is 341 g/mol. The Morgan fingerprint density at radius 3 is 2.24 bits per heavy atom. The molecule has 0 fully saturated rings. The number of hydrogen-bond donors (Lipinski definition) is 0. The highest BCUT2D eigenvalue weighted by Gasteiger charge is 2.33. The van der Waals surface area contributed by atoms with Crippen molar-refractivity contribution in [1.29, 1.82) is 0 Å². The van der Waals surface area contributed by atoms with Crippen molar-refractivity contribution < 1.29 is 18.7 Å². The molecule has 130 valence electrons. The van der Waals surface area contributed by atoms with E-state index in [9.17, 15) is 9.18 Å². The normalized spacial score (nSPS) is 10.7. The maximum Gasteiger partial charge on any atom is 0.270 e. The molecule has 0 aromatic heterocycles. The molecule has 0 saturated carbocycles. The maximum atomic E-state index is 13.0. The van der Waals surface area contributed by atoms with E-state index in [0.717, 1.165) is 0 Å². The summed E-state index contributed by atoms with van der Waals surface area (Å²) in [6.45, 7) is 3.52. The molecule has 2 rings (SSSR count).